The van der Waals surface area contributed by atoms with E-state index in [1.807, 2.05) is 6.92 Å². The third-order valence-electron chi connectivity index (χ3n) is 3.55. The molecule has 0 bridgehead atoms. The van der Waals surface area contributed by atoms with Gasteiger partial charge in [0.2, 0.25) is 15.9 Å². The van der Waals surface area contributed by atoms with Gasteiger partial charge in [0.1, 0.15) is 11.6 Å². The number of hydrogen-bond donors (Lipinski definition) is 2. The van der Waals surface area contributed by atoms with E-state index >= 15 is 0 Å². The highest BCUT2D eigenvalue weighted by atomic mass is 32.2. The minimum Gasteiger partial charge on any atom is -0.494 e. The minimum atomic E-state index is -3.84. The molecular formula is C18H21FN2O4S. The Hall–Kier alpha value is -2.45. The molecule has 2 aromatic rings. The molecule has 2 rings (SSSR count). The fourth-order valence-corrected chi connectivity index (χ4v) is 3.38. The predicted molar refractivity (Wildman–Crippen MR) is 95.6 cm³/mol. The van der Waals surface area contributed by atoms with Crippen LogP contribution in [0.2, 0.25) is 0 Å². The Labute approximate surface area is 152 Å². The van der Waals surface area contributed by atoms with Gasteiger partial charge in [-0.05, 0) is 55.8 Å². The lowest BCUT2D eigenvalue weighted by atomic mass is 10.2. The van der Waals surface area contributed by atoms with Crippen molar-refractivity contribution < 1.29 is 22.3 Å². The lowest BCUT2D eigenvalue weighted by Gasteiger charge is -2.15. The minimum absolute atomic E-state index is 0.0409. The van der Waals surface area contributed by atoms with E-state index in [0.29, 0.717) is 17.9 Å². The summed E-state index contributed by atoms with van der Waals surface area (Å²) < 4.78 is 45.2. The molecule has 0 unspecified atom stereocenters. The maximum atomic E-state index is 12.9. The second-order valence-electron chi connectivity index (χ2n) is 5.59. The first-order valence-electron chi connectivity index (χ1n) is 8.09. The Bertz CT molecular complexity index is 836. The number of ether oxygens (including phenoxy) is 1. The topological polar surface area (TPSA) is 84.5 Å². The van der Waals surface area contributed by atoms with Gasteiger partial charge in [-0.1, -0.05) is 12.1 Å². The van der Waals surface area contributed by atoms with E-state index in [0.717, 1.165) is 0 Å². The number of rotatable bonds is 8. The summed E-state index contributed by atoms with van der Waals surface area (Å²) in [4.78, 5) is 12.1. The highest BCUT2D eigenvalue weighted by Gasteiger charge is 2.21. The van der Waals surface area contributed by atoms with Crippen molar-refractivity contribution in [1.82, 2.24) is 10.0 Å². The monoisotopic (exact) mass is 380 g/mol. The fourth-order valence-electron chi connectivity index (χ4n) is 2.18. The number of hydrogen-bond acceptors (Lipinski definition) is 4. The molecule has 0 aliphatic heterocycles. The summed E-state index contributed by atoms with van der Waals surface area (Å²) in [5.41, 5.74) is 0.710. The second kappa shape index (κ2) is 8.77. The maximum absolute atomic E-state index is 12.9. The zero-order valence-corrected chi connectivity index (χ0v) is 15.3. The second-order valence-corrected chi connectivity index (χ2v) is 7.31. The van der Waals surface area contributed by atoms with Crippen molar-refractivity contribution in [3.05, 3.63) is 59.9 Å². The van der Waals surface area contributed by atoms with Crippen LogP contribution in [0.1, 0.15) is 19.4 Å². The average Bonchev–Trinajstić information content (AvgIpc) is 2.61. The van der Waals surface area contributed by atoms with Crippen molar-refractivity contribution in [3.63, 3.8) is 0 Å². The molecule has 0 fully saturated rings. The van der Waals surface area contributed by atoms with E-state index < -0.39 is 22.0 Å². The highest BCUT2D eigenvalue weighted by Crippen LogP contribution is 2.16. The molecule has 26 heavy (non-hydrogen) atoms. The van der Waals surface area contributed by atoms with Crippen LogP contribution in [-0.4, -0.2) is 27.0 Å². The van der Waals surface area contributed by atoms with Crippen molar-refractivity contribution in [2.75, 3.05) is 6.61 Å². The number of amides is 1. The van der Waals surface area contributed by atoms with Crippen LogP contribution in [0.4, 0.5) is 4.39 Å². The van der Waals surface area contributed by atoms with Gasteiger partial charge in [-0.15, -0.1) is 0 Å². The molecule has 8 heteroatoms. The Morgan fingerprint density at radius 1 is 1.12 bits per heavy atom. The third-order valence-corrected chi connectivity index (χ3v) is 5.11. The van der Waals surface area contributed by atoms with Gasteiger partial charge in [0.25, 0.3) is 0 Å². The van der Waals surface area contributed by atoms with Gasteiger partial charge in [-0.25, -0.2) is 12.8 Å². The van der Waals surface area contributed by atoms with Crippen molar-refractivity contribution >= 4 is 15.9 Å². The molecule has 0 heterocycles. The first kappa shape index (κ1) is 19.9. The fraction of sp³-hybridized carbons (Fsp3) is 0.278. The largest absolute Gasteiger partial charge is 0.494 e. The first-order chi connectivity index (χ1) is 12.3. The van der Waals surface area contributed by atoms with E-state index in [1.165, 1.54) is 31.2 Å². The van der Waals surface area contributed by atoms with E-state index in [1.54, 1.807) is 24.3 Å². The van der Waals surface area contributed by atoms with Gasteiger partial charge in [-0.3, -0.25) is 4.79 Å². The Morgan fingerprint density at radius 2 is 1.73 bits per heavy atom. The molecule has 0 aliphatic carbocycles. The van der Waals surface area contributed by atoms with Crippen LogP contribution < -0.4 is 14.8 Å². The molecule has 0 saturated carbocycles. The van der Waals surface area contributed by atoms with Crippen molar-refractivity contribution in [1.29, 1.82) is 0 Å². The van der Waals surface area contributed by atoms with Crippen molar-refractivity contribution in [2.24, 2.45) is 0 Å². The van der Waals surface area contributed by atoms with Gasteiger partial charge in [0, 0.05) is 6.54 Å². The summed E-state index contributed by atoms with van der Waals surface area (Å²) >= 11 is 0. The number of benzene rings is 2. The summed E-state index contributed by atoms with van der Waals surface area (Å²) in [5.74, 6) is -0.281. The van der Waals surface area contributed by atoms with Crippen LogP contribution in [0.5, 0.6) is 5.75 Å². The molecule has 0 aromatic heterocycles. The van der Waals surface area contributed by atoms with Crippen LogP contribution in [0, 0.1) is 5.82 Å². The number of sulfonamides is 1. The maximum Gasteiger partial charge on any atom is 0.241 e. The molecule has 0 radical (unpaired) electrons. The number of carbonyl (C=O) groups is 1. The lowest BCUT2D eigenvalue weighted by molar-refractivity contribution is -0.122. The molecule has 1 amide bonds. The Morgan fingerprint density at radius 3 is 2.31 bits per heavy atom. The van der Waals surface area contributed by atoms with Gasteiger partial charge < -0.3 is 10.1 Å². The molecule has 1 atom stereocenters. The van der Waals surface area contributed by atoms with Gasteiger partial charge in [-0.2, -0.15) is 4.72 Å². The molecule has 6 nitrogen and oxygen atoms in total. The van der Waals surface area contributed by atoms with Gasteiger partial charge in [0.05, 0.1) is 17.5 Å². The highest BCUT2D eigenvalue weighted by molar-refractivity contribution is 7.89. The molecule has 2 aromatic carbocycles. The molecule has 0 saturated heterocycles. The van der Waals surface area contributed by atoms with Gasteiger partial charge in [0.15, 0.2) is 0 Å². The smallest absolute Gasteiger partial charge is 0.241 e. The number of nitrogens with one attached hydrogen (secondary N) is 2. The van der Waals surface area contributed by atoms with Crippen LogP contribution in [0.3, 0.4) is 0 Å². The van der Waals surface area contributed by atoms with E-state index in [4.69, 9.17) is 4.74 Å². The normalized spacial score (nSPS) is 12.4. The third kappa shape index (κ3) is 5.53. The quantitative estimate of drug-likeness (QED) is 0.735. The lowest BCUT2D eigenvalue weighted by Crippen LogP contribution is -2.44. The van der Waals surface area contributed by atoms with E-state index in [9.17, 15) is 17.6 Å². The summed E-state index contributed by atoms with van der Waals surface area (Å²) in [5, 5.41) is 2.61. The molecule has 2 N–H and O–H groups in total. The molecule has 0 aliphatic rings. The van der Waals surface area contributed by atoms with Crippen LogP contribution in [0.15, 0.2) is 53.4 Å². The van der Waals surface area contributed by atoms with Crippen molar-refractivity contribution in [2.45, 2.75) is 31.3 Å². The first-order valence-corrected chi connectivity index (χ1v) is 9.57. The zero-order chi connectivity index (χ0) is 19.2. The van der Waals surface area contributed by atoms with Gasteiger partial charge >= 0.3 is 0 Å². The average molecular weight is 380 g/mol. The van der Waals surface area contributed by atoms with Crippen LogP contribution in [0.25, 0.3) is 0 Å². The number of carbonyl (C=O) groups excluding carboxylic acids is 1. The van der Waals surface area contributed by atoms with Crippen molar-refractivity contribution in [3.8, 4) is 5.75 Å². The summed E-state index contributed by atoms with van der Waals surface area (Å²) in [6.45, 7) is 3.94. The van der Waals surface area contributed by atoms with E-state index in [-0.39, 0.29) is 17.3 Å². The van der Waals surface area contributed by atoms with Crippen LogP contribution >= 0.6 is 0 Å². The molecule has 0 spiro atoms. The molecule has 140 valence electrons. The predicted octanol–water partition coefficient (Wildman–Crippen LogP) is 2.21. The Balaban J connectivity index is 1.94. The Kier molecular flexibility index (Phi) is 6.70. The summed E-state index contributed by atoms with van der Waals surface area (Å²) in [6, 6.07) is 10.6. The van der Waals surface area contributed by atoms with E-state index in [2.05, 4.69) is 10.0 Å². The summed E-state index contributed by atoms with van der Waals surface area (Å²) in [6.07, 6.45) is 0. The zero-order valence-electron chi connectivity index (χ0n) is 14.5. The molecular weight excluding hydrogens is 359 g/mol. The van der Waals surface area contributed by atoms with Crippen LogP contribution in [-0.2, 0) is 21.4 Å². The SMILES string of the molecule is CCOc1ccc(S(=O)(=O)N[C@@H](C)C(=O)NCc2ccc(F)cc2)cc1. The summed E-state index contributed by atoms with van der Waals surface area (Å²) in [7, 11) is -3.84. The number of halogens is 1. The standard InChI is InChI=1S/C18H21FN2O4S/c1-3-25-16-8-10-17(11-9-16)26(23,24)21-13(2)18(22)20-12-14-4-6-15(19)7-5-14/h4-11,13,21H,3,12H2,1-2H3,(H,20,22)/t13-/m0/s1.